The molecule has 128 valence electrons. The predicted octanol–water partition coefficient (Wildman–Crippen LogP) is 4.99. The normalized spacial score (nSPS) is 12.0. The van der Waals surface area contributed by atoms with Crippen LogP contribution in [-0.4, -0.2) is 15.5 Å². The number of fused-ring (bicyclic) bond motifs is 2. The van der Waals surface area contributed by atoms with Crippen molar-refractivity contribution >= 4 is 72.2 Å². The van der Waals surface area contributed by atoms with E-state index in [0.29, 0.717) is 25.9 Å². The van der Waals surface area contributed by atoms with Gasteiger partial charge in [0.2, 0.25) is 0 Å². The highest BCUT2D eigenvalue weighted by Crippen LogP contribution is 2.32. The van der Waals surface area contributed by atoms with Crippen LogP contribution in [0.3, 0.4) is 0 Å². The predicted molar refractivity (Wildman–Crippen MR) is 108 cm³/mol. The highest BCUT2D eigenvalue weighted by Gasteiger charge is 2.14. The number of terminal acetylenes is 1. The molecule has 0 spiro atoms. The minimum absolute atomic E-state index is 0.236. The summed E-state index contributed by atoms with van der Waals surface area (Å²) in [6.45, 7) is 0.236. The average Bonchev–Trinajstić information content (AvgIpc) is 3.23. The van der Waals surface area contributed by atoms with Crippen LogP contribution in [0.25, 0.3) is 20.4 Å². The first-order valence-corrected chi connectivity index (χ1v) is 9.87. The van der Waals surface area contributed by atoms with E-state index in [1.807, 2.05) is 12.1 Å². The van der Waals surface area contributed by atoms with Crippen molar-refractivity contribution in [1.29, 1.82) is 0 Å². The molecule has 4 aromatic rings. The van der Waals surface area contributed by atoms with Crippen LogP contribution in [-0.2, 0) is 6.54 Å². The summed E-state index contributed by atoms with van der Waals surface area (Å²) >= 11 is 15.3. The van der Waals surface area contributed by atoms with Crippen LogP contribution in [0.2, 0.25) is 10.0 Å². The van der Waals surface area contributed by atoms with Crippen molar-refractivity contribution in [2.24, 2.45) is 4.99 Å². The number of hydrogen-bond acceptors (Lipinski definition) is 4. The topological polar surface area (TPSA) is 47.2 Å². The largest absolute Gasteiger partial charge is 0.303 e. The van der Waals surface area contributed by atoms with Gasteiger partial charge in [0.05, 0.1) is 42.5 Å². The molecule has 4 rings (SSSR count). The summed E-state index contributed by atoms with van der Waals surface area (Å²) in [6.07, 6.45) is 5.49. The monoisotopic (exact) mass is 417 g/mol. The molecule has 2 aromatic heterocycles. The Balaban J connectivity index is 1.89. The lowest BCUT2D eigenvalue weighted by Gasteiger charge is -2.03. The Bertz CT molecular complexity index is 1280. The molecule has 8 heteroatoms. The second-order valence-electron chi connectivity index (χ2n) is 5.33. The fourth-order valence-electron chi connectivity index (χ4n) is 2.57. The zero-order valence-corrected chi connectivity index (χ0v) is 16.2. The summed E-state index contributed by atoms with van der Waals surface area (Å²) in [5, 5.41) is 0.826. The molecule has 0 aliphatic rings. The second kappa shape index (κ2) is 6.86. The minimum Gasteiger partial charge on any atom is -0.303 e. The van der Waals surface area contributed by atoms with Crippen molar-refractivity contribution in [1.82, 2.24) is 9.55 Å². The van der Waals surface area contributed by atoms with Gasteiger partial charge in [-0.15, -0.1) is 17.8 Å². The molecule has 0 unspecified atom stereocenters. The number of benzene rings is 2. The Labute approximate surface area is 166 Å². The lowest BCUT2D eigenvalue weighted by atomic mass is 10.2. The average molecular weight is 418 g/mol. The van der Waals surface area contributed by atoms with Crippen LogP contribution < -0.4 is 4.80 Å². The molecule has 0 fully saturated rings. The Morgan fingerprint density at radius 2 is 2.12 bits per heavy atom. The zero-order chi connectivity index (χ0) is 18.3. The summed E-state index contributed by atoms with van der Waals surface area (Å²) in [5.41, 5.74) is 3.79. The van der Waals surface area contributed by atoms with Gasteiger partial charge in [-0.25, -0.2) is 4.98 Å². The van der Waals surface area contributed by atoms with Gasteiger partial charge in [-0.2, -0.15) is 4.99 Å². The molecule has 4 nitrogen and oxygen atoms in total. The first kappa shape index (κ1) is 17.3. The smallest absolute Gasteiger partial charge is 0.279 e. The fourth-order valence-corrected chi connectivity index (χ4v) is 4.79. The zero-order valence-electron chi connectivity index (χ0n) is 13.1. The minimum atomic E-state index is -0.347. The molecule has 0 atom stereocenters. The van der Waals surface area contributed by atoms with E-state index in [9.17, 15) is 4.79 Å². The van der Waals surface area contributed by atoms with Gasteiger partial charge in [0.25, 0.3) is 5.91 Å². The summed E-state index contributed by atoms with van der Waals surface area (Å²) in [6, 6.07) is 8.88. The van der Waals surface area contributed by atoms with Crippen LogP contribution in [0.5, 0.6) is 0 Å². The highest BCUT2D eigenvalue weighted by atomic mass is 35.5. The van der Waals surface area contributed by atoms with Crippen LogP contribution >= 0.6 is 45.9 Å². The first-order chi connectivity index (χ1) is 12.6. The molecule has 0 bridgehead atoms. The van der Waals surface area contributed by atoms with E-state index in [-0.39, 0.29) is 12.5 Å². The van der Waals surface area contributed by atoms with E-state index in [1.165, 1.54) is 22.7 Å². The van der Waals surface area contributed by atoms with Crippen molar-refractivity contribution in [3.8, 4) is 12.3 Å². The van der Waals surface area contributed by atoms with Gasteiger partial charge < -0.3 is 4.57 Å². The number of halogens is 2. The number of amides is 1. The molecule has 0 aliphatic heterocycles. The van der Waals surface area contributed by atoms with Crippen molar-refractivity contribution in [3.05, 3.63) is 56.3 Å². The van der Waals surface area contributed by atoms with Gasteiger partial charge in [0.1, 0.15) is 0 Å². The number of carbonyl (C=O) groups excluding carboxylic acids is 1. The number of nitrogens with zero attached hydrogens (tertiary/aromatic N) is 3. The highest BCUT2D eigenvalue weighted by molar-refractivity contribution is 7.17. The standard InChI is InChI=1S/C18H9Cl2N3OS2/c1-2-7-23-16-13(6-4-11(19)15(16)20)26-18(23)22-17(24)10-3-5-12-14(8-10)25-9-21-12/h1,3-6,8-9H,7H2. The SMILES string of the molecule is C#CCn1c(=NC(=O)c2ccc3ncsc3c2)sc2ccc(Cl)c(Cl)c21. The third-order valence-electron chi connectivity index (χ3n) is 3.76. The number of rotatable bonds is 2. The van der Waals surface area contributed by atoms with E-state index in [0.717, 1.165) is 14.9 Å². The quantitative estimate of drug-likeness (QED) is 0.431. The van der Waals surface area contributed by atoms with Gasteiger partial charge in [0, 0.05) is 5.56 Å². The van der Waals surface area contributed by atoms with Crippen LogP contribution in [0.1, 0.15) is 10.4 Å². The number of aromatic nitrogens is 2. The number of carbonyl (C=O) groups is 1. The third kappa shape index (κ3) is 2.93. The van der Waals surface area contributed by atoms with Crippen LogP contribution in [0.4, 0.5) is 0 Å². The van der Waals surface area contributed by atoms with Gasteiger partial charge in [-0.1, -0.05) is 40.5 Å². The molecule has 0 radical (unpaired) electrons. The Morgan fingerprint density at radius 3 is 2.92 bits per heavy atom. The molecule has 0 saturated carbocycles. The van der Waals surface area contributed by atoms with Crippen molar-refractivity contribution in [2.45, 2.75) is 6.54 Å². The van der Waals surface area contributed by atoms with Gasteiger partial charge in [0.15, 0.2) is 4.80 Å². The lowest BCUT2D eigenvalue weighted by molar-refractivity contribution is 0.0998. The van der Waals surface area contributed by atoms with E-state index in [2.05, 4.69) is 15.9 Å². The maximum atomic E-state index is 12.7. The molecular formula is C18H9Cl2N3OS2. The van der Waals surface area contributed by atoms with E-state index >= 15 is 0 Å². The number of hydrogen-bond donors (Lipinski definition) is 0. The maximum absolute atomic E-state index is 12.7. The van der Waals surface area contributed by atoms with Gasteiger partial charge in [-0.3, -0.25) is 4.79 Å². The Kier molecular flexibility index (Phi) is 4.55. The maximum Gasteiger partial charge on any atom is 0.279 e. The number of thiazole rings is 2. The fraction of sp³-hybridized carbons (Fsp3) is 0.0556. The summed E-state index contributed by atoms with van der Waals surface area (Å²) in [4.78, 5) is 21.6. The van der Waals surface area contributed by atoms with Crippen molar-refractivity contribution < 1.29 is 4.79 Å². The second-order valence-corrected chi connectivity index (χ2v) is 8.02. The molecule has 0 N–H and O–H groups in total. The lowest BCUT2D eigenvalue weighted by Crippen LogP contribution is -2.16. The van der Waals surface area contributed by atoms with E-state index < -0.39 is 0 Å². The van der Waals surface area contributed by atoms with Crippen LogP contribution in [0, 0.1) is 12.3 Å². The van der Waals surface area contributed by atoms with E-state index in [1.54, 1.807) is 28.3 Å². The molecule has 0 saturated heterocycles. The molecule has 2 heterocycles. The third-order valence-corrected chi connectivity index (χ3v) is 6.39. The van der Waals surface area contributed by atoms with Crippen LogP contribution in [0.15, 0.2) is 40.8 Å². The van der Waals surface area contributed by atoms with Crippen molar-refractivity contribution in [3.63, 3.8) is 0 Å². The molecule has 26 heavy (non-hydrogen) atoms. The molecular weight excluding hydrogens is 409 g/mol. The summed E-state index contributed by atoms with van der Waals surface area (Å²) in [5.74, 6) is 2.23. The van der Waals surface area contributed by atoms with E-state index in [4.69, 9.17) is 29.6 Å². The molecule has 1 amide bonds. The molecule has 2 aromatic carbocycles. The first-order valence-electron chi connectivity index (χ1n) is 7.41. The Morgan fingerprint density at radius 1 is 1.27 bits per heavy atom. The van der Waals surface area contributed by atoms with Gasteiger partial charge >= 0.3 is 0 Å². The van der Waals surface area contributed by atoms with Crippen molar-refractivity contribution in [2.75, 3.05) is 0 Å². The summed E-state index contributed by atoms with van der Waals surface area (Å²) in [7, 11) is 0. The molecule has 0 aliphatic carbocycles. The summed E-state index contributed by atoms with van der Waals surface area (Å²) < 4.78 is 3.53. The van der Waals surface area contributed by atoms with Gasteiger partial charge in [-0.05, 0) is 30.3 Å². The Hall–Kier alpha value is -2.17.